The number of alkyl halides is 3. The molecule has 1 aliphatic carbocycles. The molecule has 1 aromatic heterocycles. The van der Waals surface area contributed by atoms with Crippen molar-refractivity contribution < 1.29 is 32.6 Å². The number of ether oxygens (including phenoxy) is 1. The number of carbonyl (C=O) groups excluding carboxylic acids is 1. The van der Waals surface area contributed by atoms with Crippen molar-refractivity contribution in [1.29, 1.82) is 0 Å². The number of carboxylic acids is 1. The van der Waals surface area contributed by atoms with Crippen LogP contribution in [0.2, 0.25) is 0 Å². The number of halogens is 3. The highest BCUT2D eigenvalue weighted by atomic mass is 19.4. The van der Waals surface area contributed by atoms with Crippen molar-refractivity contribution in [1.82, 2.24) is 19.6 Å². The van der Waals surface area contributed by atoms with Gasteiger partial charge in [-0.2, -0.15) is 18.3 Å². The van der Waals surface area contributed by atoms with Crippen LogP contribution in [-0.2, 0) is 20.9 Å². The maximum absolute atomic E-state index is 12.6. The summed E-state index contributed by atoms with van der Waals surface area (Å²) in [6.07, 6.45) is 1.71. The molecule has 0 saturated heterocycles. The van der Waals surface area contributed by atoms with Gasteiger partial charge in [-0.05, 0) is 32.0 Å². The molecule has 1 N–H and O–H groups in total. The van der Waals surface area contributed by atoms with Gasteiger partial charge in [0.25, 0.3) is 0 Å². The van der Waals surface area contributed by atoms with Crippen LogP contribution in [0.3, 0.4) is 0 Å². The Kier molecular flexibility index (Phi) is 9.30. The Morgan fingerprint density at radius 3 is 2.42 bits per heavy atom. The van der Waals surface area contributed by atoms with Crippen molar-refractivity contribution >= 4 is 11.9 Å². The van der Waals surface area contributed by atoms with Crippen molar-refractivity contribution in [3.05, 3.63) is 18.0 Å². The summed E-state index contributed by atoms with van der Waals surface area (Å²) in [4.78, 5) is 25.8. The van der Waals surface area contributed by atoms with Crippen LogP contribution in [0.15, 0.2) is 12.3 Å². The van der Waals surface area contributed by atoms with Crippen LogP contribution in [0.5, 0.6) is 0 Å². The summed E-state index contributed by atoms with van der Waals surface area (Å²) >= 11 is 0. The van der Waals surface area contributed by atoms with E-state index in [9.17, 15) is 18.0 Å². The fourth-order valence-electron chi connectivity index (χ4n) is 3.83. The highest BCUT2D eigenvalue weighted by Gasteiger charge is 2.38. The fourth-order valence-corrected chi connectivity index (χ4v) is 3.83. The first-order valence-electron chi connectivity index (χ1n) is 10.6. The molecule has 8 nitrogen and oxygen atoms in total. The normalized spacial score (nSPS) is 19.2. The summed E-state index contributed by atoms with van der Waals surface area (Å²) < 4.78 is 39.7. The Morgan fingerprint density at radius 2 is 1.87 bits per heavy atom. The Balaban J connectivity index is 0.000000423. The first-order valence-corrected chi connectivity index (χ1v) is 10.6. The lowest BCUT2D eigenvalue weighted by atomic mass is 10.1. The summed E-state index contributed by atoms with van der Waals surface area (Å²) in [5.41, 5.74) is 1.12. The molecule has 1 unspecified atom stereocenters. The van der Waals surface area contributed by atoms with Crippen LogP contribution in [0.25, 0.3) is 0 Å². The van der Waals surface area contributed by atoms with Crippen molar-refractivity contribution in [2.24, 2.45) is 0 Å². The third-order valence-electron chi connectivity index (χ3n) is 5.59. The predicted molar refractivity (Wildman–Crippen MR) is 106 cm³/mol. The summed E-state index contributed by atoms with van der Waals surface area (Å²) in [6, 6.07) is 2.24. The van der Waals surface area contributed by atoms with Gasteiger partial charge in [-0.3, -0.25) is 9.48 Å². The lowest BCUT2D eigenvalue weighted by Crippen LogP contribution is -2.46. The van der Waals surface area contributed by atoms with Gasteiger partial charge in [0.2, 0.25) is 5.91 Å². The molecule has 3 rings (SSSR count). The van der Waals surface area contributed by atoms with E-state index in [1.165, 1.54) is 12.8 Å². The number of nitrogens with zero attached hydrogens (tertiary/aromatic N) is 4. The summed E-state index contributed by atoms with van der Waals surface area (Å²) in [5.74, 6) is -2.65. The maximum atomic E-state index is 12.6. The zero-order chi connectivity index (χ0) is 23.0. The van der Waals surface area contributed by atoms with Gasteiger partial charge in [0, 0.05) is 19.3 Å². The minimum absolute atomic E-state index is 0.110. The van der Waals surface area contributed by atoms with Crippen molar-refractivity contribution in [2.45, 2.75) is 64.4 Å². The van der Waals surface area contributed by atoms with E-state index in [4.69, 9.17) is 14.6 Å². The molecule has 0 radical (unpaired) electrons. The number of likely N-dealkylation sites (N-methyl/N-ethyl adjacent to an activating group) is 1. The van der Waals surface area contributed by atoms with Crippen LogP contribution in [0.1, 0.15) is 51.3 Å². The topological polar surface area (TPSA) is 87.9 Å². The maximum Gasteiger partial charge on any atom is 0.490 e. The number of carboxylic acid groups (broad SMARTS) is 1. The van der Waals surface area contributed by atoms with Crippen LogP contribution in [-0.4, -0.2) is 81.6 Å². The number of hydrogen-bond donors (Lipinski definition) is 1. The second-order valence-electron chi connectivity index (χ2n) is 7.70. The molecule has 11 heteroatoms. The highest BCUT2D eigenvalue weighted by molar-refractivity contribution is 5.77. The summed E-state index contributed by atoms with van der Waals surface area (Å²) in [5, 5.41) is 11.6. The number of amides is 1. The lowest BCUT2D eigenvalue weighted by molar-refractivity contribution is -0.192. The zero-order valence-electron chi connectivity index (χ0n) is 18.0. The number of carbonyl (C=O) groups is 2. The average molecular weight is 448 g/mol. The molecular formula is C20H31F3N4O4. The molecule has 1 aliphatic heterocycles. The van der Waals surface area contributed by atoms with Crippen LogP contribution in [0, 0.1) is 0 Å². The summed E-state index contributed by atoms with van der Waals surface area (Å²) in [6.45, 7) is 8.89. The third kappa shape index (κ3) is 7.49. The Bertz CT molecular complexity index is 716. The monoisotopic (exact) mass is 448 g/mol. The van der Waals surface area contributed by atoms with Crippen LogP contribution < -0.4 is 0 Å². The van der Waals surface area contributed by atoms with E-state index >= 15 is 0 Å². The molecule has 1 aromatic rings. The Labute approximate surface area is 179 Å². The second-order valence-corrected chi connectivity index (χ2v) is 7.70. The molecule has 0 spiro atoms. The van der Waals surface area contributed by atoms with Crippen molar-refractivity contribution in [2.75, 3.05) is 32.8 Å². The molecule has 0 aromatic carbocycles. The molecule has 2 aliphatic rings. The quantitative estimate of drug-likeness (QED) is 0.690. The van der Waals surface area contributed by atoms with E-state index in [1.807, 2.05) is 17.2 Å². The van der Waals surface area contributed by atoms with Gasteiger partial charge in [0.1, 0.15) is 6.61 Å². The fraction of sp³-hybridized carbons (Fsp3) is 0.750. The predicted octanol–water partition coefficient (Wildman–Crippen LogP) is 2.70. The number of aliphatic carboxylic acids is 1. The highest BCUT2D eigenvalue weighted by Crippen LogP contribution is 2.23. The van der Waals surface area contributed by atoms with Gasteiger partial charge < -0.3 is 19.6 Å². The van der Waals surface area contributed by atoms with Gasteiger partial charge in [-0.1, -0.05) is 26.7 Å². The second kappa shape index (κ2) is 11.5. The molecule has 0 bridgehead atoms. The van der Waals surface area contributed by atoms with E-state index in [0.29, 0.717) is 6.54 Å². The van der Waals surface area contributed by atoms with Gasteiger partial charge in [-0.15, -0.1) is 0 Å². The number of aromatic nitrogens is 2. The first kappa shape index (κ1) is 25.1. The third-order valence-corrected chi connectivity index (χ3v) is 5.59. The SMILES string of the molecule is CCN(CC)CC1CN(C(=O)COC2CCCC2)Cc2ccnn21.O=C(O)C(F)(F)F. The van der Waals surface area contributed by atoms with Crippen molar-refractivity contribution in [3.63, 3.8) is 0 Å². The average Bonchev–Trinajstić information content (AvgIpc) is 3.41. The molecule has 1 fully saturated rings. The van der Waals surface area contributed by atoms with Crippen LogP contribution in [0.4, 0.5) is 13.2 Å². The van der Waals surface area contributed by atoms with Gasteiger partial charge >= 0.3 is 12.1 Å². The summed E-state index contributed by atoms with van der Waals surface area (Å²) in [7, 11) is 0. The molecule has 1 atom stereocenters. The molecular weight excluding hydrogens is 417 g/mol. The molecule has 1 amide bonds. The van der Waals surface area contributed by atoms with E-state index < -0.39 is 12.1 Å². The Morgan fingerprint density at radius 1 is 1.26 bits per heavy atom. The van der Waals surface area contributed by atoms with E-state index in [0.717, 1.165) is 44.7 Å². The molecule has 176 valence electrons. The minimum Gasteiger partial charge on any atom is -0.475 e. The molecule has 31 heavy (non-hydrogen) atoms. The molecule has 1 saturated carbocycles. The number of rotatable bonds is 7. The smallest absolute Gasteiger partial charge is 0.475 e. The zero-order valence-corrected chi connectivity index (χ0v) is 18.0. The van der Waals surface area contributed by atoms with Gasteiger partial charge in [0.05, 0.1) is 24.4 Å². The minimum atomic E-state index is -5.08. The largest absolute Gasteiger partial charge is 0.490 e. The van der Waals surface area contributed by atoms with E-state index in [2.05, 4.69) is 28.5 Å². The molecule has 2 heterocycles. The van der Waals surface area contributed by atoms with Crippen molar-refractivity contribution in [3.8, 4) is 0 Å². The van der Waals surface area contributed by atoms with Gasteiger partial charge in [-0.25, -0.2) is 4.79 Å². The Hall–Kier alpha value is -2.14. The van der Waals surface area contributed by atoms with Crippen LogP contribution >= 0.6 is 0 Å². The lowest BCUT2D eigenvalue weighted by Gasteiger charge is -2.36. The van der Waals surface area contributed by atoms with Gasteiger partial charge in [0.15, 0.2) is 0 Å². The van der Waals surface area contributed by atoms with E-state index in [-0.39, 0.29) is 24.7 Å². The van der Waals surface area contributed by atoms with E-state index in [1.54, 1.807) is 0 Å². The first-order chi connectivity index (χ1) is 14.7. The number of fused-ring (bicyclic) bond motifs is 1. The standard InChI is InChI=1S/C18H30N4O2.C2HF3O2/c1-3-20(4-2)11-16-13-21(12-15-9-10-19-22(15)16)18(23)14-24-17-7-5-6-8-17;3-2(4,5)1(6)7/h9-10,16-17H,3-8,11-14H2,1-2H3;(H,6,7). The number of hydrogen-bond acceptors (Lipinski definition) is 5.